The summed E-state index contributed by atoms with van der Waals surface area (Å²) >= 11 is 5.98. The van der Waals surface area contributed by atoms with Crippen LogP contribution in [0.15, 0.2) is 84.9 Å². The molecule has 0 bridgehead atoms. The van der Waals surface area contributed by atoms with Crippen molar-refractivity contribution in [3.63, 3.8) is 0 Å². The van der Waals surface area contributed by atoms with Gasteiger partial charge < -0.3 is 0 Å². The van der Waals surface area contributed by atoms with Crippen LogP contribution in [-0.2, 0) is 0 Å². The largest absolute Gasteiger partial charge is 0.298 e. The summed E-state index contributed by atoms with van der Waals surface area (Å²) in [6.45, 7) is 0. The normalized spacial score (nSPS) is 10.6. The Labute approximate surface area is 161 Å². The van der Waals surface area contributed by atoms with Crippen LogP contribution in [-0.4, -0.2) is 10.9 Å². The molecule has 0 aliphatic heterocycles. The van der Waals surface area contributed by atoms with E-state index in [-0.39, 0.29) is 5.91 Å². The predicted molar refractivity (Wildman–Crippen MR) is 110 cm³/mol. The number of anilines is 1. The van der Waals surface area contributed by atoms with E-state index in [1.807, 2.05) is 72.8 Å². The highest BCUT2D eigenvalue weighted by atomic mass is 35.5. The molecule has 132 valence electrons. The SMILES string of the molecule is O=C(NNc1cccc(Cl)c1)c1cc(-c2ccccc2)nc2ccccc12. The van der Waals surface area contributed by atoms with Crippen LogP contribution >= 0.6 is 11.6 Å². The molecule has 1 amide bonds. The lowest BCUT2D eigenvalue weighted by Crippen LogP contribution is -2.29. The molecule has 0 unspecified atom stereocenters. The molecule has 0 atom stereocenters. The average molecular weight is 374 g/mol. The molecule has 1 heterocycles. The van der Waals surface area contributed by atoms with Crippen LogP contribution in [0.3, 0.4) is 0 Å². The minimum atomic E-state index is -0.245. The molecular weight excluding hydrogens is 358 g/mol. The van der Waals surface area contributed by atoms with Gasteiger partial charge in [0.2, 0.25) is 0 Å². The molecule has 27 heavy (non-hydrogen) atoms. The van der Waals surface area contributed by atoms with Gasteiger partial charge in [-0.25, -0.2) is 4.98 Å². The van der Waals surface area contributed by atoms with Crippen molar-refractivity contribution < 1.29 is 4.79 Å². The van der Waals surface area contributed by atoms with Crippen LogP contribution in [0.5, 0.6) is 0 Å². The number of nitrogens with one attached hydrogen (secondary N) is 2. The second-order valence-corrected chi connectivity index (χ2v) is 6.46. The molecule has 1 aromatic heterocycles. The van der Waals surface area contributed by atoms with Gasteiger partial charge >= 0.3 is 0 Å². The summed E-state index contributed by atoms with van der Waals surface area (Å²) in [6, 6.07) is 26.4. The van der Waals surface area contributed by atoms with E-state index in [0.717, 1.165) is 22.2 Å². The number of hydrazine groups is 1. The van der Waals surface area contributed by atoms with E-state index in [1.54, 1.807) is 12.1 Å². The number of carbonyl (C=O) groups excluding carboxylic acids is 1. The number of pyridine rings is 1. The molecule has 0 saturated heterocycles. The molecule has 2 N–H and O–H groups in total. The summed E-state index contributed by atoms with van der Waals surface area (Å²) in [6.07, 6.45) is 0. The Hall–Kier alpha value is -3.37. The molecule has 4 aromatic rings. The molecule has 0 aliphatic carbocycles. The molecule has 0 spiro atoms. The lowest BCUT2D eigenvalue weighted by Gasteiger charge is -2.12. The first-order valence-corrected chi connectivity index (χ1v) is 8.86. The first-order chi connectivity index (χ1) is 13.2. The maximum atomic E-state index is 12.9. The number of fused-ring (bicyclic) bond motifs is 1. The Morgan fingerprint density at radius 2 is 1.63 bits per heavy atom. The Morgan fingerprint density at radius 1 is 0.852 bits per heavy atom. The predicted octanol–water partition coefficient (Wildman–Crippen LogP) is 5.31. The Bertz CT molecular complexity index is 1110. The zero-order valence-electron chi connectivity index (χ0n) is 14.3. The van der Waals surface area contributed by atoms with E-state index in [1.165, 1.54) is 0 Å². The number of hydrogen-bond acceptors (Lipinski definition) is 3. The maximum Gasteiger partial charge on any atom is 0.270 e. The average Bonchev–Trinajstić information content (AvgIpc) is 2.72. The minimum Gasteiger partial charge on any atom is -0.298 e. The zero-order valence-corrected chi connectivity index (χ0v) is 15.1. The van der Waals surface area contributed by atoms with E-state index >= 15 is 0 Å². The third-order valence-corrected chi connectivity index (χ3v) is 4.41. The third-order valence-electron chi connectivity index (χ3n) is 4.18. The molecule has 4 nitrogen and oxygen atoms in total. The number of para-hydroxylation sites is 1. The fraction of sp³-hybridized carbons (Fsp3) is 0. The molecule has 3 aromatic carbocycles. The van der Waals surface area contributed by atoms with Gasteiger partial charge in [0.05, 0.1) is 22.5 Å². The number of benzene rings is 3. The number of rotatable bonds is 4. The van der Waals surface area contributed by atoms with Crippen molar-refractivity contribution in [3.05, 3.63) is 95.5 Å². The summed E-state index contributed by atoms with van der Waals surface area (Å²) in [4.78, 5) is 17.6. The lowest BCUT2D eigenvalue weighted by molar-refractivity contribution is 0.0964. The summed E-state index contributed by atoms with van der Waals surface area (Å²) in [5.74, 6) is -0.245. The number of carbonyl (C=O) groups is 1. The van der Waals surface area contributed by atoms with Crippen LogP contribution in [0.4, 0.5) is 5.69 Å². The first kappa shape index (κ1) is 17.1. The first-order valence-electron chi connectivity index (χ1n) is 8.48. The monoisotopic (exact) mass is 373 g/mol. The maximum absolute atomic E-state index is 12.9. The van der Waals surface area contributed by atoms with Gasteiger partial charge in [0.15, 0.2) is 0 Å². The number of hydrogen-bond donors (Lipinski definition) is 2. The van der Waals surface area contributed by atoms with Crippen molar-refractivity contribution in [2.45, 2.75) is 0 Å². The summed E-state index contributed by atoms with van der Waals surface area (Å²) in [5.41, 5.74) is 9.38. The van der Waals surface area contributed by atoms with Crippen molar-refractivity contribution in [2.75, 3.05) is 5.43 Å². The number of amides is 1. The van der Waals surface area contributed by atoms with Crippen LogP contribution in [0.1, 0.15) is 10.4 Å². The highest BCUT2D eigenvalue weighted by Crippen LogP contribution is 2.25. The highest BCUT2D eigenvalue weighted by Gasteiger charge is 2.13. The third kappa shape index (κ3) is 3.76. The van der Waals surface area contributed by atoms with E-state index in [4.69, 9.17) is 16.6 Å². The van der Waals surface area contributed by atoms with E-state index < -0.39 is 0 Å². The number of halogens is 1. The molecule has 4 rings (SSSR count). The van der Waals surface area contributed by atoms with Gasteiger partial charge in [-0.1, -0.05) is 66.2 Å². The molecule has 0 aliphatic rings. The molecular formula is C22H16ClN3O. The molecule has 0 fully saturated rings. The van der Waals surface area contributed by atoms with Gasteiger partial charge in [-0.3, -0.25) is 15.6 Å². The fourth-order valence-electron chi connectivity index (χ4n) is 2.88. The standard InChI is InChI=1S/C22H16ClN3O/c23-16-9-6-10-17(13-16)25-26-22(27)19-14-21(15-7-2-1-3-8-15)24-20-12-5-4-11-18(19)20/h1-14,25H,(H,26,27). The zero-order chi connectivity index (χ0) is 18.6. The van der Waals surface area contributed by atoms with Gasteiger partial charge in [0.1, 0.15) is 0 Å². The Kier molecular flexibility index (Phi) is 4.73. The van der Waals surface area contributed by atoms with Crippen LogP contribution in [0.25, 0.3) is 22.2 Å². The van der Waals surface area contributed by atoms with Crippen molar-refractivity contribution >= 4 is 34.1 Å². The Balaban J connectivity index is 1.70. The van der Waals surface area contributed by atoms with Gasteiger partial charge in [-0.2, -0.15) is 0 Å². The lowest BCUT2D eigenvalue weighted by atomic mass is 10.0. The summed E-state index contributed by atoms with van der Waals surface area (Å²) in [7, 11) is 0. The number of nitrogens with zero attached hydrogens (tertiary/aromatic N) is 1. The summed E-state index contributed by atoms with van der Waals surface area (Å²) < 4.78 is 0. The van der Waals surface area contributed by atoms with Gasteiger partial charge in [0, 0.05) is 16.0 Å². The minimum absolute atomic E-state index is 0.245. The molecule has 0 saturated carbocycles. The van der Waals surface area contributed by atoms with Gasteiger partial charge in [-0.15, -0.1) is 0 Å². The van der Waals surface area contributed by atoms with Crippen molar-refractivity contribution in [1.29, 1.82) is 0 Å². The van der Waals surface area contributed by atoms with Crippen molar-refractivity contribution in [2.24, 2.45) is 0 Å². The van der Waals surface area contributed by atoms with Crippen LogP contribution < -0.4 is 10.9 Å². The molecule has 0 radical (unpaired) electrons. The second-order valence-electron chi connectivity index (χ2n) is 6.03. The van der Waals surface area contributed by atoms with E-state index in [0.29, 0.717) is 16.3 Å². The van der Waals surface area contributed by atoms with Gasteiger partial charge in [0.25, 0.3) is 5.91 Å². The van der Waals surface area contributed by atoms with E-state index in [2.05, 4.69) is 10.9 Å². The Morgan fingerprint density at radius 3 is 2.44 bits per heavy atom. The topological polar surface area (TPSA) is 54.0 Å². The number of aromatic nitrogens is 1. The fourth-order valence-corrected chi connectivity index (χ4v) is 3.07. The van der Waals surface area contributed by atoms with Crippen molar-refractivity contribution in [1.82, 2.24) is 10.4 Å². The van der Waals surface area contributed by atoms with Gasteiger partial charge in [-0.05, 0) is 30.3 Å². The molecule has 5 heteroatoms. The van der Waals surface area contributed by atoms with Crippen molar-refractivity contribution in [3.8, 4) is 11.3 Å². The smallest absolute Gasteiger partial charge is 0.270 e. The quantitative estimate of drug-likeness (QED) is 0.476. The van der Waals surface area contributed by atoms with Crippen LogP contribution in [0.2, 0.25) is 5.02 Å². The van der Waals surface area contributed by atoms with E-state index in [9.17, 15) is 4.79 Å². The van der Waals surface area contributed by atoms with Crippen LogP contribution in [0, 0.1) is 0 Å². The summed E-state index contributed by atoms with van der Waals surface area (Å²) in [5, 5.41) is 1.39. The second kappa shape index (κ2) is 7.48. The highest BCUT2D eigenvalue weighted by molar-refractivity contribution is 6.30.